The van der Waals surface area contributed by atoms with E-state index in [1.54, 1.807) is 18.2 Å². The third-order valence-corrected chi connectivity index (χ3v) is 2.98. The number of aromatic nitrogens is 1. The van der Waals surface area contributed by atoms with Crippen LogP contribution in [0.2, 0.25) is 0 Å². The molecule has 0 spiro atoms. The second kappa shape index (κ2) is 3.13. The summed E-state index contributed by atoms with van der Waals surface area (Å²) in [4.78, 5) is 4.01. The molecule has 2 rings (SSSR count). The van der Waals surface area contributed by atoms with Crippen molar-refractivity contribution >= 4 is 32.5 Å². The molecule has 1 aromatic carbocycles. The zero-order chi connectivity index (χ0) is 10.3. The zero-order valence-electron chi connectivity index (χ0n) is 7.58. The molecule has 0 atom stereocenters. The van der Waals surface area contributed by atoms with E-state index in [2.05, 4.69) is 20.9 Å². The van der Waals surface area contributed by atoms with Crippen LogP contribution in [-0.2, 0) is 0 Å². The molecular formula is C10H9BrN2O. The van der Waals surface area contributed by atoms with Crippen molar-refractivity contribution in [2.75, 3.05) is 5.73 Å². The van der Waals surface area contributed by atoms with Gasteiger partial charge >= 0.3 is 0 Å². The number of nitrogens with two attached hydrogens (primary N) is 1. The minimum atomic E-state index is 0.0340. The van der Waals surface area contributed by atoms with Crippen molar-refractivity contribution in [2.45, 2.75) is 6.92 Å². The Bertz CT molecular complexity index is 511. The Hall–Kier alpha value is -1.29. The Morgan fingerprint density at radius 3 is 2.86 bits per heavy atom. The Morgan fingerprint density at radius 2 is 2.14 bits per heavy atom. The first kappa shape index (κ1) is 9.27. The average Bonchev–Trinajstić information content (AvgIpc) is 2.10. The molecule has 72 valence electrons. The summed E-state index contributed by atoms with van der Waals surface area (Å²) in [7, 11) is 0. The normalized spacial score (nSPS) is 10.7. The molecule has 1 aromatic heterocycles. The molecule has 3 nitrogen and oxygen atoms in total. The highest BCUT2D eigenvalue weighted by molar-refractivity contribution is 9.10. The number of fused-ring (bicyclic) bond motifs is 1. The highest BCUT2D eigenvalue weighted by Gasteiger charge is 2.07. The van der Waals surface area contributed by atoms with E-state index in [1.165, 1.54) is 0 Å². The van der Waals surface area contributed by atoms with Crippen LogP contribution in [0.15, 0.2) is 22.7 Å². The highest BCUT2D eigenvalue weighted by atomic mass is 79.9. The Morgan fingerprint density at radius 1 is 1.43 bits per heavy atom. The van der Waals surface area contributed by atoms with Gasteiger partial charge in [-0.1, -0.05) is 0 Å². The molecule has 14 heavy (non-hydrogen) atoms. The number of aryl methyl sites for hydroxylation is 1. The molecule has 3 N–H and O–H groups in total. The number of benzene rings is 1. The topological polar surface area (TPSA) is 59.1 Å². The summed E-state index contributed by atoms with van der Waals surface area (Å²) in [6.45, 7) is 1.91. The highest BCUT2D eigenvalue weighted by Crippen LogP contribution is 2.32. The van der Waals surface area contributed by atoms with Gasteiger partial charge in [-0.15, -0.1) is 0 Å². The smallest absolute Gasteiger partial charge is 0.211 e. The summed E-state index contributed by atoms with van der Waals surface area (Å²) < 4.78 is 0.833. The fourth-order valence-electron chi connectivity index (χ4n) is 1.47. The first-order valence-corrected chi connectivity index (χ1v) is 4.93. The second-order valence-corrected chi connectivity index (χ2v) is 3.95. The molecule has 0 unspecified atom stereocenters. The molecule has 0 bridgehead atoms. The molecule has 0 aliphatic heterocycles. The predicted molar refractivity (Wildman–Crippen MR) is 60.3 cm³/mol. The molecule has 0 fully saturated rings. The van der Waals surface area contributed by atoms with Crippen molar-refractivity contribution in [1.82, 2.24) is 4.98 Å². The summed E-state index contributed by atoms with van der Waals surface area (Å²) >= 11 is 3.41. The maximum absolute atomic E-state index is 9.31. The predicted octanol–water partition coefficient (Wildman–Crippen LogP) is 2.59. The fourth-order valence-corrected chi connectivity index (χ4v) is 2.12. The van der Waals surface area contributed by atoms with E-state index in [1.807, 2.05) is 6.92 Å². The lowest BCUT2D eigenvalue weighted by Gasteiger charge is -2.06. The molecule has 0 aliphatic rings. The van der Waals surface area contributed by atoms with Gasteiger partial charge in [0, 0.05) is 17.1 Å². The Kier molecular flexibility index (Phi) is 2.07. The van der Waals surface area contributed by atoms with Crippen LogP contribution in [0.1, 0.15) is 5.56 Å². The lowest BCUT2D eigenvalue weighted by molar-refractivity contribution is 0.455. The van der Waals surface area contributed by atoms with Crippen molar-refractivity contribution < 1.29 is 5.11 Å². The van der Waals surface area contributed by atoms with Gasteiger partial charge in [0.15, 0.2) is 0 Å². The number of halogens is 1. The van der Waals surface area contributed by atoms with Gasteiger partial charge in [-0.2, -0.15) is 0 Å². The Labute approximate surface area is 89.7 Å². The summed E-state index contributed by atoms with van der Waals surface area (Å²) in [5.74, 6) is 0.0340. The summed E-state index contributed by atoms with van der Waals surface area (Å²) in [6, 6.07) is 5.17. The van der Waals surface area contributed by atoms with Crippen LogP contribution < -0.4 is 5.73 Å². The minimum absolute atomic E-state index is 0.0340. The molecule has 2 aromatic rings. The summed E-state index contributed by atoms with van der Waals surface area (Å²) in [6.07, 6.45) is 0. The van der Waals surface area contributed by atoms with Gasteiger partial charge in [0.1, 0.15) is 0 Å². The van der Waals surface area contributed by atoms with E-state index in [0.29, 0.717) is 5.69 Å². The molecule has 0 amide bonds. The van der Waals surface area contributed by atoms with Gasteiger partial charge < -0.3 is 10.8 Å². The van der Waals surface area contributed by atoms with Gasteiger partial charge in [0.05, 0.1) is 9.99 Å². The van der Waals surface area contributed by atoms with E-state index in [-0.39, 0.29) is 5.88 Å². The first-order chi connectivity index (χ1) is 6.59. The maximum Gasteiger partial charge on any atom is 0.211 e. The van der Waals surface area contributed by atoms with Gasteiger partial charge in [-0.05, 0) is 40.5 Å². The first-order valence-electron chi connectivity index (χ1n) is 4.14. The lowest BCUT2D eigenvalue weighted by atomic mass is 10.1. The van der Waals surface area contributed by atoms with Crippen LogP contribution in [0.5, 0.6) is 5.88 Å². The second-order valence-electron chi connectivity index (χ2n) is 3.16. The molecule has 0 saturated heterocycles. The number of anilines is 1. The van der Waals surface area contributed by atoms with Crippen LogP contribution in [0.3, 0.4) is 0 Å². The number of hydrogen-bond acceptors (Lipinski definition) is 3. The molecule has 1 heterocycles. The molecule has 4 heteroatoms. The van der Waals surface area contributed by atoms with Gasteiger partial charge in [0.2, 0.25) is 5.88 Å². The van der Waals surface area contributed by atoms with Crippen molar-refractivity contribution in [3.8, 4) is 5.88 Å². The molecule has 0 saturated carbocycles. The van der Waals surface area contributed by atoms with Crippen molar-refractivity contribution in [3.05, 3.63) is 28.2 Å². The number of pyridine rings is 1. The number of nitrogens with zero attached hydrogens (tertiary/aromatic N) is 1. The van der Waals surface area contributed by atoms with Crippen molar-refractivity contribution in [3.63, 3.8) is 0 Å². The van der Waals surface area contributed by atoms with E-state index in [4.69, 9.17) is 5.73 Å². The number of hydrogen-bond donors (Lipinski definition) is 2. The molecule has 0 radical (unpaired) electrons. The van der Waals surface area contributed by atoms with Crippen LogP contribution in [0.25, 0.3) is 10.9 Å². The van der Waals surface area contributed by atoms with Crippen LogP contribution in [-0.4, -0.2) is 10.1 Å². The van der Waals surface area contributed by atoms with Crippen LogP contribution in [0, 0.1) is 6.92 Å². The SMILES string of the molecule is Cc1cc(O)nc2ccc(N)c(Br)c12. The van der Waals surface area contributed by atoms with Gasteiger partial charge in [0.25, 0.3) is 0 Å². The summed E-state index contributed by atoms with van der Waals surface area (Å²) in [5, 5.41) is 10.3. The third kappa shape index (κ3) is 1.32. The van der Waals surface area contributed by atoms with Gasteiger partial charge in [-0.3, -0.25) is 0 Å². The van der Waals surface area contributed by atoms with E-state index in [9.17, 15) is 5.11 Å². The number of nitrogen functional groups attached to an aromatic ring is 1. The monoisotopic (exact) mass is 252 g/mol. The third-order valence-electron chi connectivity index (χ3n) is 2.12. The standard InChI is InChI=1S/C10H9BrN2O/c1-5-4-8(14)13-7-3-2-6(12)10(11)9(5)7/h2-4H,12H2,1H3,(H,13,14). The Balaban J connectivity index is 2.95. The lowest BCUT2D eigenvalue weighted by Crippen LogP contribution is -1.91. The largest absolute Gasteiger partial charge is 0.493 e. The zero-order valence-corrected chi connectivity index (χ0v) is 9.17. The number of aromatic hydroxyl groups is 1. The van der Waals surface area contributed by atoms with Crippen molar-refractivity contribution in [1.29, 1.82) is 0 Å². The van der Waals surface area contributed by atoms with E-state index < -0.39 is 0 Å². The van der Waals surface area contributed by atoms with Gasteiger partial charge in [-0.25, -0.2) is 4.98 Å². The van der Waals surface area contributed by atoms with Crippen LogP contribution in [0.4, 0.5) is 5.69 Å². The molecular weight excluding hydrogens is 244 g/mol. The van der Waals surface area contributed by atoms with E-state index in [0.717, 1.165) is 20.9 Å². The van der Waals surface area contributed by atoms with Crippen molar-refractivity contribution in [2.24, 2.45) is 0 Å². The quantitative estimate of drug-likeness (QED) is 0.709. The summed E-state index contributed by atoms with van der Waals surface area (Å²) in [5.41, 5.74) is 8.12. The maximum atomic E-state index is 9.31. The number of rotatable bonds is 0. The molecule has 0 aliphatic carbocycles. The van der Waals surface area contributed by atoms with Crippen LogP contribution >= 0.6 is 15.9 Å². The fraction of sp³-hybridized carbons (Fsp3) is 0.100. The van der Waals surface area contributed by atoms with E-state index >= 15 is 0 Å². The minimum Gasteiger partial charge on any atom is -0.493 e. The average molecular weight is 253 g/mol.